The largest absolute Gasteiger partial charge is 0.465 e. The minimum Gasteiger partial charge on any atom is -0.465 e. The van der Waals surface area contributed by atoms with Gasteiger partial charge in [-0.3, -0.25) is 4.79 Å². The van der Waals surface area contributed by atoms with Crippen molar-refractivity contribution in [3.05, 3.63) is 156 Å². The fourth-order valence-corrected chi connectivity index (χ4v) is 5.01. The Morgan fingerprint density at radius 2 is 1.38 bits per heavy atom. The molecule has 0 fully saturated rings. The van der Waals surface area contributed by atoms with Crippen LogP contribution >= 0.6 is 0 Å². The van der Waals surface area contributed by atoms with Gasteiger partial charge >= 0.3 is 12.1 Å². The van der Waals surface area contributed by atoms with Crippen LogP contribution < -0.4 is 10.6 Å². The van der Waals surface area contributed by atoms with Gasteiger partial charge in [-0.15, -0.1) is 0 Å². The highest BCUT2D eigenvalue weighted by Gasteiger charge is 2.24. The first-order valence-corrected chi connectivity index (χ1v) is 14.6. The Kier molecular flexibility index (Phi) is 10.0. The van der Waals surface area contributed by atoms with Crippen LogP contribution in [0.25, 0.3) is 16.3 Å². The topological polar surface area (TPSA) is 93.7 Å². The predicted molar refractivity (Wildman–Crippen MR) is 176 cm³/mol. The summed E-state index contributed by atoms with van der Waals surface area (Å²) < 4.78 is 10.4. The van der Waals surface area contributed by atoms with Gasteiger partial charge < -0.3 is 20.1 Å². The average molecular weight is 599 g/mol. The van der Waals surface area contributed by atoms with Gasteiger partial charge in [0.15, 0.2) is 0 Å². The van der Waals surface area contributed by atoms with Crippen LogP contribution in [0, 0.1) is 5.92 Å². The maximum Gasteiger partial charge on any atom is 0.408 e. The number of carbonyl (C=O) groups is 3. The highest BCUT2D eigenvalue weighted by atomic mass is 16.5. The fourth-order valence-electron chi connectivity index (χ4n) is 5.01. The van der Waals surface area contributed by atoms with Gasteiger partial charge in [-0.1, -0.05) is 116 Å². The van der Waals surface area contributed by atoms with E-state index < -0.39 is 24.0 Å². The third-order valence-electron chi connectivity index (χ3n) is 7.42. The van der Waals surface area contributed by atoms with Crippen LogP contribution in [0.15, 0.2) is 133 Å². The number of benzene rings is 5. The van der Waals surface area contributed by atoms with Crippen LogP contribution in [-0.4, -0.2) is 25.1 Å². The van der Waals surface area contributed by atoms with E-state index in [0.29, 0.717) is 22.4 Å². The van der Waals surface area contributed by atoms with Gasteiger partial charge in [0.2, 0.25) is 5.91 Å². The summed E-state index contributed by atoms with van der Waals surface area (Å²) in [5.74, 6) is -1.25. The SMILES string of the molecule is COC(=O)c1ccc([C@H](NC(=O)OCc2ccccc2)/C(=C/[C@@H](C)C(=O)Nc2ccc3ccccc3c2)c2ccccc2)cc1. The molecule has 0 saturated heterocycles. The Balaban J connectivity index is 1.47. The van der Waals surface area contributed by atoms with Gasteiger partial charge in [-0.25, -0.2) is 9.59 Å². The van der Waals surface area contributed by atoms with E-state index in [0.717, 1.165) is 21.9 Å². The molecule has 2 atom stereocenters. The molecular formula is C38H34N2O5. The van der Waals surface area contributed by atoms with E-state index in [9.17, 15) is 14.4 Å². The van der Waals surface area contributed by atoms with Crippen LogP contribution in [0.5, 0.6) is 0 Å². The lowest BCUT2D eigenvalue weighted by Crippen LogP contribution is -2.30. The molecule has 0 bridgehead atoms. The van der Waals surface area contributed by atoms with Crippen LogP contribution in [-0.2, 0) is 20.9 Å². The molecule has 0 unspecified atom stereocenters. The number of alkyl carbamates (subject to hydrolysis) is 1. The quantitative estimate of drug-likeness (QED) is 0.159. The zero-order valence-corrected chi connectivity index (χ0v) is 25.1. The lowest BCUT2D eigenvalue weighted by molar-refractivity contribution is -0.118. The molecule has 0 saturated carbocycles. The third-order valence-corrected chi connectivity index (χ3v) is 7.42. The van der Waals surface area contributed by atoms with Gasteiger partial charge in [-0.2, -0.15) is 0 Å². The van der Waals surface area contributed by atoms with Crippen molar-refractivity contribution < 1.29 is 23.9 Å². The maximum atomic E-state index is 13.5. The summed E-state index contributed by atoms with van der Waals surface area (Å²) in [7, 11) is 1.32. The second kappa shape index (κ2) is 14.7. The molecule has 7 nitrogen and oxygen atoms in total. The van der Waals surface area contributed by atoms with Crippen LogP contribution in [0.2, 0.25) is 0 Å². The second-order valence-electron chi connectivity index (χ2n) is 10.6. The van der Waals surface area contributed by atoms with Gasteiger partial charge in [0, 0.05) is 5.69 Å². The highest BCUT2D eigenvalue weighted by Crippen LogP contribution is 2.32. The summed E-state index contributed by atoms with van der Waals surface area (Å²) in [5, 5.41) is 8.14. The van der Waals surface area contributed by atoms with Crippen molar-refractivity contribution in [2.24, 2.45) is 5.92 Å². The summed E-state index contributed by atoms with van der Waals surface area (Å²) in [5.41, 5.74) is 4.12. The smallest absolute Gasteiger partial charge is 0.408 e. The summed E-state index contributed by atoms with van der Waals surface area (Å²) >= 11 is 0. The van der Waals surface area contributed by atoms with Gasteiger partial charge in [-0.05, 0) is 57.3 Å². The molecule has 0 radical (unpaired) electrons. The number of carbonyl (C=O) groups excluding carboxylic acids is 3. The van der Waals surface area contributed by atoms with E-state index in [1.807, 2.05) is 116 Å². The van der Waals surface area contributed by atoms with Crippen molar-refractivity contribution in [3.63, 3.8) is 0 Å². The fraction of sp³-hybridized carbons (Fsp3) is 0.132. The molecular weight excluding hydrogens is 564 g/mol. The van der Waals surface area contributed by atoms with Crippen LogP contribution in [0.4, 0.5) is 10.5 Å². The Labute approximate surface area is 262 Å². The number of ether oxygens (including phenoxy) is 2. The Bertz CT molecular complexity index is 1800. The number of fused-ring (bicyclic) bond motifs is 1. The average Bonchev–Trinajstić information content (AvgIpc) is 3.09. The Morgan fingerprint density at radius 1 is 0.733 bits per heavy atom. The molecule has 45 heavy (non-hydrogen) atoms. The van der Waals surface area contributed by atoms with E-state index in [4.69, 9.17) is 9.47 Å². The minimum atomic E-state index is -0.710. The molecule has 7 heteroatoms. The molecule has 0 aromatic heterocycles. The van der Waals surface area contributed by atoms with E-state index in [2.05, 4.69) is 10.6 Å². The molecule has 0 spiro atoms. The number of rotatable bonds is 10. The number of hydrogen-bond donors (Lipinski definition) is 2. The molecule has 0 heterocycles. The first-order valence-electron chi connectivity index (χ1n) is 14.6. The number of amides is 2. The van der Waals surface area contributed by atoms with Crippen molar-refractivity contribution in [1.82, 2.24) is 5.32 Å². The van der Waals surface area contributed by atoms with Crippen molar-refractivity contribution >= 4 is 40.0 Å². The van der Waals surface area contributed by atoms with E-state index >= 15 is 0 Å². The summed E-state index contributed by atoms with van der Waals surface area (Å²) in [6.07, 6.45) is 1.22. The molecule has 0 aliphatic carbocycles. The van der Waals surface area contributed by atoms with E-state index in [1.54, 1.807) is 24.3 Å². The molecule has 5 rings (SSSR count). The first kappa shape index (κ1) is 30.8. The summed E-state index contributed by atoms with van der Waals surface area (Å²) in [6.45, 7) is 1.90. The Morgan fingerprint density at radius 3 is 2.07 bits per heavy atom. The van der Waals surface area contributed by atoms with E-state index in [-0.39, 0.29) is 12.5 Å². The van der Waals surface area contributed by atoms with E-state index in [1.165, 1.54) is 7.11 Å². The molecule has 0 aliphatic heterocycles. The Hall–Kier alpha value is -5.69. The molecule has 2 amide bonds. The highest BCUT2D eigenvalue weighted by molar-refractivity contribution is 5.97. The minimum absolute atomic E-state index is 0.0929. The van der Waals surface area contributed by atoms with Crippen molar-refractivity contribution in [2.45, 2.75) is 19.6 Å². The molecule has 0 aliphatic rings. The molecule has 5 aromatic carbocycles. The van der Waals surface area contributed by atoms with Crippen molar-refractivity contribution in [1.29, 1.82) is 0 Å². The van der Waals surface area contributed by atoms with Gasteiger partial charge in [0.25, 0.3) is 0 Å². The lowest BCUT2D eigenvalue weighted by atomic mass is 9.89. The van der Waals surface area contributed by atoms with Crippen LogP contribution in [0.1, 0.15) is 40.0 Å². The van der Waals surface area contributed by atoms with Crippen molar-refractivity contribution in [3.8, 4) is 0 Å². The van der Waals surface area contributed by atoms with Gasteiger partial charge in [0.05, 0.1) is 24.6 Å². The number of hydrogen-bond acceptors (Lipinski definition) is 5. The second-order valence-corrected chi connectivity index (χ2v) is 10.6. The maximum absolute atomic E-state index is 13.5. The summed E-state index contributed by atoms with van der Waals surface area (Å²) in [4.78, 5) is 38.8. The summed E-state index contributed by atoms with van der Waals surface area (Å²) in [6, 6.07) is 38.8. The number of methoxy groups -OCH3 is 1. The standard InChI is InChI=1S/C38H34N2O5/c1-26(36(41)39-33-22-21-28-13-9-10-16-32(28)24-33)23-34(29-14-7-4-8-15-29)35(30-17-19-31(20-18-30)37(42)44-2)40-38(43)45-25-27-11-5-3-6-12-27/h3-24,26,35H,25H2,1-2H3,(H,39,41)(H,40,43)/b34-23+/t26-,35+/m1/s1. The zero-order chi connectivity index (χ0) is 31.6. The monoisotopic (exact) mass is 598 g/mol. The normalized spacial score (nSPS) is 12.5. The number of anilines is 1. The predicted octanol–water partition coefficient (Wildman–Crippen LogP) is 7.95. The molecule has 5 aromatic rings. The lowest BCUT2D eigenvalue weighted by Gasteiger charge is -2.24. The van der Waals surface area contributed by atoms with Crippen LogP contribution in [0.3, 0.4) is 0 Å². The first-order chi connectivity index (χ1) is 21.9. The van der Waals surface area contributed by atoms with Gasteiger partial charge in [0.1, 0.15) is 6.61 Å². The third kappa shape index (κ3) is 8.03. The number of nitrogens with one attached hydrogen (secondary N) is 2. The number of esters is 1. The molecule has 2 N–H and O–H groups in total. The zero-order valence-electron chi connectivity index (χ0n) is 25.1. The molecule has 226 valence electrons. The van der Waals surface area contributed by atoms with Crippen molar-refractivity contribution in [2.75, 3.05) is 12.4 Å².